The first kappa shape index (κ1) is 17.3. The normalized spacial score (nSPS) is 10.7. The van der Waals surface area contributed by atoms with Gasteiger partial charge in [-0.2, -0.15) is 5.10 Å². The van der Waals surface area contributed by atoms with Crippen LogP contribution in [0, 0.1) is 0 Å². The van der Waals surface area contributed by atoms with Gasteiger partial charge in [0.05, 0.1) is 23.1 Å². The Hall–Kier alpha value is -2.51. The van der Waals surface area contributed by atoms with E-state index in [1.807, 2.05) is 19.1 Å². The van der Waals surface area contributed by atoms with Gasteiger partial charge in [0, 0.05) is 17.3 Å². The molecule has 25 heavy (non-hydrogen) atoms. The molecule has 6 nitrogen and oxygen atoms in total. The van der Waals surface area contributed by atoms with Gasteiger partial charge in [0.25, 0.3) is 5.91 Å². The zero-order valence-corrected chi connectivity index (χ0v) is 15.2. The van der Waals surface area contributed by atoms with Gasteiger partial charge in [0.15, 0.2) is 10.9 Å². The summed E-state index contributed by atoms with van der Waals surface area (Å²) in [6.45, 7) is 3.39. The molecule has 0 radical (unpaired) electrons. The zero-order valence-electron chi connectivity index (χ0n) is 13.6. The molecule has 1 aromatic carbocycles. The highest BCUT2D eigenvalue weighted by molar-refractivity contribution is 7.14. The average Bonchev–Trinajstić information content (AvgIpc) is 3.21. The number of hydrogen-bond donors (Lipinski definition) is 1. The standard InChI is InChI=1S/C17H15ClN4O2S/c1-3-15-13(8-19-22(15)12-6-4-5-11(18)7-12)16(24)21-17-20-14(9-25-17)10(2)23/h4-9H,3H2,1-2H3,(H,20,21,24). The van der Waals surface area contributed by atoms with Crippen LogP contribution in [-0.2, 0) is 6.42 Å². The molecule has 0 spiro atoms. The van der Waals surface area contributed by atoms with Crippen LogP contribution in [0.5, 0.6) is 0 Å². The number of halogens is 1. The molecule has 128 valence electrons. The molecule has 0 aliphatic heterocycles. The summed E-state index contributed by atoms with van der Waals surface area (Å²) < 4.78 is 1.70. The third kappa shape index (κ3) is 3.62. The maximum absolute atomic E-state index is 12.6. The van der Waals surface area contributed by atoms with Crippen LogP contribution < -0.4 is 5.32 Å². The number of nitrogens with one attached hydrogen (secondary N) is 1. The molecule has 0 atom stereocenters. The Labute approximate surface area is 153 Å². The molecule has 1 N–H and O–H groups in total. The summed E-state index contributed by atoms with van der Waals surface area (Å²) in [6.07, 6.45) is 2.14. The lowest BCUT2D eigenvalue weighted by Crippen LogP contribution is -2.14. The molecule has 0 aliphatic rings. The molecule has 2 heterocycles. The fraction of sp³-hybridized carbons (Fsp3) is 0.176. The predicted molar refractivity (Wildman–Crippen MR) is 98.0 cm³/mol. The van der Waals surface area contributed by atoms with Gasteiger partial charge in [0.1, 0.15) is 5.69 Å². The van der Waals surface area contributed by atoms with Gasteiger partial charge < -0.3 is 0 Å². The lowest BCUT2D eigenvalue weighted by Gasteiger charge is -2.08. The smallest absolute Gasteiger partial charge is 0.260 e. The third-order valence-corrected chi connectivity index (χ3v) is 4.58. The van der Waals surface area contributed by atoms with Crippen LogP contribution in [0.1, 0.15) is 40.4 Å². The van der Waals surface area contributed by atoms with E-state index in [0.29, 0.717) is 27.8 Å². The van der Waals surface area contributed by atoms with E-state index in [1.54, 1.807) is 22.2 Å². The first-order chi connectivity index (χ1) is 12.0. The highest BCUT2D eigenvalue weighted by Gasteiger charge is 2.19. The quantitative estimate of drug-likeness (QED) is 0.685. The van der Waals surface area contributed by atoms with E-state index in [4.69, 9.17) is 11.6 Å². The van der Waals surface area contributed by atoms with Crippen molar-refractivity contribution in [2.45, 2.75) is 20.3 Å². The minimum Gasteiger partial charge on any atom is -0.298 e. The van der Waals surface area contributed by atoms with Gasteiger partial charge in [-0.05, 0) is 24.6 Å². The molecular weight excluding hydrogens is 360 g/mol. The Morgan fingerprint density at radius 1 is 1.36 bits per heavy atom. The Balaban J connectivity index is 1.89. The van der Waals surface area contributed by atoms with Crippen LogP contribution in [-0.4, -0.2) is 26.5 Å². The number of nitrogens with zero attached hydrogens (tertiary/aromatic N) is 3. The summed E-state index contributed by atoms with van der Waals surface area (Å²) in [5.41, 5.74) is 2.35. The summed E-state index contributed by atoms with van der Waals surface area (Å²) >= 11 is 7.25. The number of anilines is 1. The van der Waals surface area contributed by atoms with Crippen LogP contribution >= 0.6 is 22.9 Å². The van der Waals surface area contributed by atoms with E-state index in [9.17, 15) is 9.59 Å². The molecular formula is C17H15ClN4O2S. The largest absolute Gasteiger partial charge is 0.298 e. The lowest BCUT2D eigenvalue weighted by molar-refractivity contribution is 0.100. The molecule has 0 unspecified atom stereocenters. The molecule has 3 aromatic rings. The number of ketones is 1. The highest BCUT2D eigenvalue weighted by Crippen LogP contribution is 2.21. The molecule has 8 heteroatoms. The summed E-state index contributed by atoms with van der Waals surface area (Å²) in [7, 11) is 0. The first-order valence-electron chi connectivity index (χ1n) is 7.60. The van der Waals surface area contributed by atoms with E-state index >= 15 is 0 Å². The number of Topliss-reactive ketones (excluding diaryl/α,β-unsaturated/α-hetero) is 1. The number of carbonyl (C=O) groups excluding carboxylic acids is 2. The van der Waals surface area contributed by atoms with Crippen molar-refractivity contribution < 1.29 is 9.59 Å². The zero-order chi connectivity index (χ0) is 18.0. The number of benzene rings is 1. The van der Waals surface area contributed by atoms with Gasteiger partial charge >= 0.3 is 0 Å². The van der Waals surface area contributed by atoms with Crippen molar-refractivity contribution in [3.63, 3.8) is 0 Å². The van der Waals surface area contributed by atoms with Gasteiger partial charge in [-0.1, -0.05) is 24.6 Å². The van der Waals surface area contributed by atoms with Crippen molar-refractivity contribution in [3.05, 3.63) is 57.8 Å². The second-order valence-electron chi connectivity index (χ2n) is 5.30. The monoisotopic (exact) mass is 374 g/mol. The number of aromatic nitrogens is 3. The van der Waals surface area contributed by atoms with Crippen molar-refractivity contribution in [1.29, 1.82) is 0 Å². The Morgan fingerprint density at radius 2 is 2.16 bits per heavy atom. The van der Waals surface area contributed by atoms with Crippen LogP contribution in [0.4, 0.5) is 5.13 Å². The third-order valence-electron chi connectivity index (χ3n) is 3.59. The van der Waals surface area contributed by atoms with Crippen molar-refractivity contribution >= 4 is 39.8 Å². The maximum atomic E-state index is 12.6. The molecule has 0 aliphatic carbocycles. The fourth-order valence-electron chi connectivity index (χ4n) is 2.39. The van der Waals surface area contributed by atoms with Crippen LogP contribution in [0.15, 0.2) is 35.8 Å². The first-order valence-corrected chi connectivity index (χ1v) is 8.86. The fourth-order valence-corrected chi connectivity index (χ4v) is 3.32. The molecule has 2 aromatic heterocycles. The van der Waals surface area contributed by atoms with E-state index in [1.165, 1.54) is 24.5 Å². The van der Waals surface area contributed by atoms with E-state index in [0.717, 1.165) is 11.4 Å². The van der Waals surface area contributed by atoms with Crippen molar-refractivity contribution in [2.75, 3.05) is 5.32 Å². The molecule has 0 saturated carbocycles. The minimum absolute atomic E-state index is 0.139. The molecule has 3 rings (SSSR count). The Morgan fingerprint density at radius 3 is 2.80 bits per heavy atom. The Kier molecular flexibility index (Phi) is 4.96. The summed E-state index contributed by atoms with van der Waals surface area (Å²) in [5, 5.41) is 9.64. The van der Waals surface area contributed by atoms with Gasteiger partial charge in [0.2, 0.25) is 0 Å². The molecule has 0 saturated heterocycles. The summed E-state index contributed by atoms with van der Waals surface area (Å²) in [4.78, 5) is 28.0. The highest BCUT2D eigenvalue weighted by atomic mass is 35.5. The summed E-state index contributed by atoms with van der Waals surface area (Å²) in [5.74, 6) is -0.450. The van der Waals surface area contributed by atoms with Gasteiger partial charge in [-0.3, -0.25) is 14.9 Å². The molecule has 0 fully saturated rings. The van der Waals surface area contributed by atoms with Crippen molar-refractivity contribution in [3.8, 4) is 5.69 Å². The van der Waals surface area contributed by atoms with E-state index in [2.05, 4.69) is 15.4 Å². The number of thiazole rings is 1. The van der Waals surface area contributed by atoms with E-state index in [-0.39, 0.29) is 11.7 Å². The van der Waals surface area contributed by atoms with Gasteiger partial charge in [-0.15, -0.1) is 11.3 Å². The van der Waals surface area contributed by atoms with Gasteiger partial charge in [-0.25, -0.2) is 9.67 Å². The lowest BCUT2D eigenvalue weighted by atomic mass is 10.2. The second-order valence-corrected chi connectivity index (χ2v) is 6.59. The maximum Gasteiger partial charge on any atom is 0.260 e. The number of carbonyl (C=O) groups is 2. The van der Waals surface area contributed by atoms with Crippen LogP contribution in [0.25, 0.3) is 5.69 Å². The Bertz CT molecular complexity index is 948. The average molecular weight is 375 g/mol. The second kappa shape index (κ2) is 7.16. The predicted octanol–water partition coefficient (Wildman–Crippen LogP) is 4.00. The summed E-state index contributed by atoms with van der Waals surface area (Å²) in [6, 6.07) is 7.27. The topological polar surface area (TPSA) is 76.9 Å². The van der Waals surface area contributed by atoms with E-state index < -0.39 is 0 Å². The van der Waals surface area contributed by atoms with Crippen LogP contribution in [0.3, 0.4) is 0 Å². The SMILES string of the molecule is CCc1c(C(=O)Nc2nc(C(C)=O)cs2)cnn1-c1cccc(Cl)c1. The minimum atomic E-state index is -0.311. The van der Waals surface area contributed by atoms with Crippen molar-refractivity contribution in [2.24, 2.45) is 0 Å². The van der Waals surface area contributed by atoms with Crippen molar-refractivity contribution in [1.82, 2.24) is 14.8 Å². The molecule has 1 amide bonds. The van der Waals surface area contributed by atoms with Crippen LogP contribution in [0.2, 0.25) is 5.02 Å². The number of rotatable bonds is 5. The number of amides is 1. The molecule has 0 bridgehead atoms. The number of hydrogen-bond acceptors (Lipinski definition) is 5.